The molecule has 14 heteroatoms. The summed E-state index contributed by atoms with van der Waals surface area (Å²) in [7, 11) is -1.62. The van der Waals surface area contributed by atoms with Crippen molar-refractivity contribution in [2.24, 2.45) is 0 Å². The number of carbonyl (C=O) groups is 2. The van der Waals surface area contributed by atoms with E-state index in [-0.39, 0.29) is 13.1 Å². The number of carbonyl (C=O) groups excluding carboxylic acids is 2. The first kappa shape index (κ1) is 30.9. The van der Waals surface area contributed by atoms with Crippen LogP contribution >= 0.6 is 10.7 Å². The number of ether oxygens (including phenoxy) is 2. The molecule has 36 heavy (non-hydrogen) atoms. The van der Waals surface area contributed by atoms with E-state index in [2.05, 4.69) is 0 Å². The van der Waals surface area contributed by atoms with Crippen LogP contribution in [0.1, 0.15) is 67.2 Å². The number of sulfonamides is 1. The van der Waals surface area contributed by atoms with Gasteiger partial charge in [0.25, 0.3) is 0 Å². The zero-order valence-corrected chi connectivity index (χ0v) is 24.4. The maximum Gasteiger partial charge on any atom is 0.410 e. The molecule has 0 radical (unpaired) electrons. The van der Waals surface area contributed by atoms with Crippen LogP contribution in [0.2, 0.25) is 0 Å². The van der Waals surface area contributed by atoms with Crippen molar-refractivity contribution in [3.05, 3.63) is 0 Å². The summed E-state index contributed by atoms with van der Waals surface area (Å²) in [5.74, 6) is 0. The van der Waals surface area contributed by atoms with E-state index in [4.69, 9.17) is 20.2 Å². The van der Waals surface area contributed by atoms with E-state index in [1.54, 1.807) is 45.8 Å². The third kappa shape index (κ3) is 9.21. The summed E-state index contributed by atoms with van der Waals surface area (Å²) in [5, 5.41) is -1.16. The molecule has 3 aliphatic heterocycles. The van der Waals surface area contributed by atoms with Gasteiger partial charge >= 0.3 is 12.2 Å². The Labute approximate surface area is 219 Å². The Morgan fingerprint density at radius 1 is 0.722 bits per heavy atom. The monoisotopic (exact) mass is 573 g/mol. The molecule has 3 saturated heterocycles. The van der Waals surface area contributed by atoms with Gasteiger partial charge in [-0.2, -0.15) is 0 Å². The molecule has 0 saturated carbocycles. The fourth-order valence-corrected chi connectivity index (χ4v) is 7.21. The molecule has 2 atom stereocenters. The lowest BCUT2D eigenvalue weighted by Gasteiger charge is -2.25. The fraction of sp³-hybridized carbons (Fsp3) is 0.909. The second-order valence-electron chi connectivity index (χ2n) is 11.3. The Kier molecular flexibility index (Phi) is 9.97. The van der Waals surface area contributed by atoms with Crippen molar-refractivity contribution >= 4 is 41.9 Å². The topological polar surface area (TPSA) is 131 Å². The SMILES string of the molecule is CC(C)(C)OC(=O)N1CCC(S(=O)(=O)Cl)C1.CC(C)(C)OC(=O)N1CCC(S(=O)(=O)N2CCCC2)C1. The van der Waals surface area contributed by atoms with Crippen LogP contribution in [-0.2, 0) is 28.5 Å². The second-order valence-corrected chi connectivity index (χ2v) is 16.4. The number of likely N-dealkylation sites (tertiary alicyclic amines) is 2. The lowest BCUT2D eigenvalue weighted by Crippen LogP contribution is -2.40. The molecule has 0 aromatic rings. The van der Waals surface area contributed by atoms with Gasteiger partial charge in [0.15, 0.2) is 0 Å². The Bertz CT molecular complexity index is 999. The molecule has 2 amide bonds. The Balaban J connectivity index is 0.000000261. The summed E-state index contributed by atoms with van der Waals surface area (Å²) in [6.45, 7) is 13.1. The number of rotatable bonds is 3. The van der Waals surface area contributed by atoms with Crippen LogP contribution in [-0.4, -0.2) is 104 Å². The highest BCUT2D eigenvalue weighted by Gasteiger charge is 2.40. The van der Waals surface area contributed by atoms with Gasteiger partial charge in [-0.25, -0.2) is 30.7 Å². The first-order valence-corrected chi connectivity index (χ1v) is 16.1. The molecule has 0 N–H and O–H groups in total. The Hall–Kier alpha value is -1.31. The third-order valence-electron chi connectivity index (χ3n) is 5.84. The van der Waals surface area contributed by atoms with Crippen LogP contribution in [0.4, 0.5) is 9.59 Å². The highest BCUT2D eigenvalue weighted by Crippen LogP contribution is 2.25. The smallest absolute Gasteiger partial charge is 0.410 e. The van der Waals surface area contributed by atoms with Gasteiger partial charge in [-0.15, -0.1) is 0 Å². The van der Waals surface area contributed by atoms with Crippen LogP contribution < -0.4 is 0 Å². The van der Waals surface area contributed by atoms with Crippen LogP contribution in [0.15, 0.2) is 0 Å². The van der Waals surface area contributed by atoms with E-state index >= 15 is 0 Å². The molecule has 3 rings (SSSR count). The van der Waals surface area contributed by atoms with E-state index in [1.807, 2.05) is 0 Å². The molecule has 11 nitrogen and oxygen atoms in total. The molecule has 2 unspecified atom stereocenters. The average Bonchev–Trinajstić information content (AvgIpc) is 3.47. The number of hydrogen-bond donors (Lipinski definition) is 0. The first-order valence-electron chi connectivity index (χ1n) is 12.2. The van der Waals surface area contributed by atoms with Gasteiger partial charge in [-0.3, -0.25) is 0 Å². The predicted molar refractivity (Wildman–Crippen MR) is 137 cm³/mol. The highest BCUT2D eigenvalue weighted by atomic mass is 35.7. The summed E-state index contributed by atoms with van der Waals surface area (Å²) < 4.78 is 59.0. The first-order chi connectivity index (χ1) is 16.3. The van der Waals surface area contributed by atoms with E-state index < -0.39 is 53.0 Å². The molecule has 0 aromatic carbocycles. The second kappa shape index (κ2) is 11.6. The summed E-state index contributed by atoms with van der Waals surface area (Å²) in [4.78, 5) is 26.4. The predicted octanol–water partition coefficient (Wildman–Crippen LogP) is 2.99. The highest BCUT2D eigenvalue weighted by molar-refractivity contribution is 8.14. The molecular formula is C22H40ClN3O8S2. The minimum Gasteiger partial charge on any atom is -0.444 e. The molecule has 0 aromatic heterocycles. The van der Waals surface area contributed by atoms with Crippen LogP contribution in [0, 0.1) is 0 Å². The minimum absolute atomic E-state index is 0.112. The standard InChI is InChI=1S/C13H24N2O4S.C9H16ClNO4S/c1-13(2,3)19-12(16)14-9-6-11(10-14)20(17,18)15-7-4-5-8-15;1-9(2,3)15-8(12)11-5-4-7(6-11)16(10,13)14/h11H,4-10H2,1-3H3;7H,4-6H2,1-3H3. The summed E-state index contributed by atoms with van der Waals surface area (Å²) in [6.07, 6.45) is 1.82. The third-order valence-corrected chi connectivity index (χ3v) is 10.1. The normalized spacial score (nSPS) is 23.9. The zero-order chi connectivity index (χ0) is 27.5. The van der Waals surface area contributed by atoms with Crippen molar-refractivity contribution in [3.8, 4) is 0 Å². The lowest BCUT2D eigenvalue weighted by atomic mass is 10.2. The molecular weight excluding hydrogens is 534 g/mol. The summed E-state index contributed by atoms with van der Waals surface area (Å²) in [5.41, 5.74) is -1.13. The van der Waals surface area contributed by atoms with Crippen molar-refractivity contribution in [1.29, 1.82) is 0 Å². The maximum atomic E-state index is 12.4. The van der Waals surface area contributed by atoms with Gasteiger partial charge in [0.1, 0.15) is 11.2 Å². The van der Waals surface area contributed by atoms with E-state index in [1.165, 1.54) is 9.80 Å². The molecule has 0 aliphatic carbocycles. The Morgan fingerprint density at radius 3 is 1.47 bits per heavy atom. The largest absolute Gasteiger partial charge is 0.444 e. The summed E-state index contributed by atoms with van der Waals surface area (Å²) in [6, 6.07) is 0. The zero-order valence-electron chi connectivity index (χ0n) is 22.0. The van der Waals surface area contributed by atoms with Gasteiger partial charge < -0.3 is 19.3 Å². The van der Waals surface area contributed by atoms with Crippen LogP contribution in [0.25, 0.3) is 0 Å². The molecule has 0 spiro atoms. The fourth-order valence-electron chi connectivity index (χ4n) is 4.07. The minimum atomic E-state index is -3.59. The molecule has 3 fully saturated rings. The van der Waals surface area contributed by atoms with Gasteiger partial charge in [0, 0.05) is 50.0 Å². The molecule has 210 valence electrons. The van der Waals surface area contributed by atoms with E-state index in [0.717, 1.165) is 12.8 Å². The average molecular weight is 574 g/mol. The quantitative estimate of drug-likeness (QED) is 0.471. The molecule has 3 aliphatic rings. The number of halogens is 1. The summed E-state index contributed by atoms with van der Waals surface area (Å²) >= 11 is 0. The van der Waals surface area contributed by atoms with E-state index in [0.29, 0.717) is 39.0 Å². The Morgan fingerprint density at radius 2 is 1.11 bits per heavy atom. The lowest BCUT2D eigenvalue weighted by molar-refractivity contribution is 0.0284. The van der Waals surface area contributed by atoms with Gasteiger partial charge in [-0.1, -0.05) is 0 Å². The molecule has 3 heterocycles. The van der Waals surface area contributed by atoms with Crippen LogP contribution in [0.3, 0.4) is 0 Å². The van der Waals surface area contributed by atoms with Gasteiger partial charge in [0.05, 0.1) is 10.5 Å². The van der Waals surface area contributed by atoms with Gasteiger partial charge in [-0.05, 0) is 67.2 Å². The number of hydrogen-bond acceptors (Lipinski definition) is 8. The van der Waals surface area contributed by atoms with E-state index in [9.17, 15) is 26.4 Å². The van der Waals surface area contributed by atoms with Crippen molar-refractivity contribution in [2.45, 2.75) is 88.9 Å². The number of nitrogens with zero attached hydrogens (tertiary/aromatic N) is 3. The van der Waals surface area contributed by atoms with Gasteiger partial charge in [0.2, 0.25) is 19.1 Å². The van der Waals surface area contributed by atoms with Crippen molar-refractivity contribution in [2.75, 3.05) is 39.3 Å². The molecule has 0 bridgehead atoms. The number of amides is 2. The maximum absolute atomic E-state index is 12.4. The van der Waals surface area contributed by atoms with Crippen molar-refractivity contribution in [3.63, 3.8) is 0 Å². The van der Waals surface area contributed by atoms with Crippen molar-refractivity contribution in [1.82, 2.24) is 14.1 Å². The van der Waals surface area contributed by atoms with Crippen LogP contribution in [0.5, 0.6) is 0 Å². The van der Waals surface area contributed by atoms with Crippen molar-refractivity contribution < 1.29 is 35.9 Å².